The number of aromatic nitrogens is 1. The number of rotatable bonds is 4. The number of thiazole rings is 1. The molecule has 0 aliphatic carbocycles. The number of carbonyl (C=O) groups excluding carboxylic acids is 1. The SMILES string of the molecule is Cc1csc(-c2ccc(C(=O)N3CCN(CC(C)O)CC3)cc2)n1. The second-order valence-corrected chi connectivity index (χ2v) is 7.17. The van der Waals surface area contributed by atoms with Crippen molar-refractivity contribution in [3.05, 3.63) is 40.9 Å². The molecule has 1 saturated heterocycles. The van der Waals surface area contributed by atoms with Gasteiger partial charge in [-0.05, 0) is 26.0 Å². The number of amides is 1. The van der Waals surface area contributed by atoms with Crippen LogP contribution in [0.15, 0.2) is 29.6 Å². The van der Waals surface area contributed by atoms with Crippen LogP contribution in [-0.2, 0) is 0 Å². The molecule has 1 N–H and O–H groups in total. The van der Waals surface area contributed by atoms with Crippen molar-refractivity contribution in [3.8, 4) is 10.6 Å². The topological polar surface area (TPSA) is 56.7 Å². The molecular weight excluding hydrogens is 322 g/mol. The van der Waals surface area contributed by atoms with Crippen molar-refractivity contribution < 1.29 is 9.90 Å². The Morgan fingerprint density at radius 3 is 2.46 bits per heavy atom. The predicted molar refractivity (Wildman–Crippen MR) is 96.3 cm³/mol. The summed E-state index contributed by atoms with van der Waals surface area (Å²) in [5, 5.41) is 12.5. The lowest BCUT2D eigenvalue weighted by Crippen LogP contribution is -2.50. The van der Waals surface area contributed by atoms with Crippen LogP contribution in [-0.4, -0.2) is 64.6 Å². The zero-order chi connectivity index (χ0) is 17.1. The van der Waals surface area contributed by atoms with Gasteiger partial charge in [-0.3, -0.25) is 9.69 Å². The zero-order valence-electron chi connectivity index (χ0n) is 14.1. The molecule has 0 radical (unpaired) electrons. The van der Waals surface area contributed by atoms with Gasteiger partial charge in [0.15, 0.2) is 0 Å². The highest BCUT2D eigenvalue weighted by Crippen LogP contribution is 2.24. The molecule has 2 aromatic rings. The molecule has 1 aliphatic rings. The highest BCUT2D eigenvalue weighted by Gasteiger charge is 2.22. The van der Waals surface area contributed by atoms with Crippen LogP contribution >= 0.6 is 11.3 Å². The summed E-state index contributed by atoms with van der Waals surface area (Å²) in [6.45, 7) is 7.49. The van der Waals surface area contributed by atoms with Crippen LogP contribution in [0.4, 0.5) is 0 Å². The van der Waals surface area contributed by atoms with Crippen molar-refractivity contribution in [1.82, 2.24) is 14.8 Å². The molecule has 1 aromatic heterocycles. The largest absolute Gasteiger partial charge is 0.392 e. The number of benzene rings is 1. The number of hydrogen-bond acceptors (Lipinski definition) is 5. The first-order valence-corrected chi connectivity index (χ1v) is 9.13. The van der Waals surface area contributed by atoms with Crippen molar-refractivity contribution in [2.45, 2.75) is 20.0 Å². The first-order chi connectivity index (χ1) is 11.5. The quantitative estimate of drug-likeness (QED) is 0.923. The van der Waals surface area contributed by atoms with E-state index in [2.05, 4.69) is 9.88 Å². The fourth-order valence-corrected chi connectivity index (χ4v) is 3.74. The number of hydrogen-bond donors (Lipinski definition) is 1. The Kier molecular flexibility index (Phi) is 5.28. The van der Waals surface area contributed by atoms with Crippen LogP contribution in [0, 0.1) is 6.92 Å². The van der Waals surface area contributed by atoms with Crippen LogP contribution < -0.4 is 0 Å². The Morgan fingerprint density at radius 2 is 1.92 bits per heavy atom. The van der Waals surface area contributed by atoms with Gasteiger partial charge in [0.2, 0.25) is 0 Å². The summed E-state index contributed by atoms with van der Waals surface area (Å²) < 4.78 is 0. The number of aliphatic hydroxyl groups is 1. The summed E-state index contributed by atoms with van der Waals surface area (Å²) >= 11 is 1.62. The number of nitrogens with zero attached hydrogens (tertiary/aromatic N) is 3. The molecule has 1 atom stereocenters. The molecule has 1 aliphatic heterocycles. The zero-order valence-corrected chi connectivity index (χ0v) is 14.9. The van der Waals surface area contributed by atoms with Crippen LogP contribution in [0.1, 0.15) is 23.0 Å². The fourth-order valence-electron chi connectivity index (χ4n) is 2.93. The van der Waals surface area contributed by atoms with Crippen molar-refractivity contribution in [2.24, 2.45) is 0 Å². The molecule has 6 heteroatoms. The monoisotopic (exact) mass is 345 g/mol. The van der Waals surface area contributed by atoms with E-state index >= 15 is 0 Å². The highest BCUT2D eigenvalue weighted by molar-refractivity contribution is 7.13. The van der Waals surface area contributed by atoms with E-state index in [1.54, 1.807) is 18.3 Å². The van der Waals surface area contributed by atoms with Crippen molar-refractivity contribution in [1.29, 1.82) is 0 Å². The molecule has 1 unspecified atom stereocenters. The molecule has 1 fully saturated rings. The van der Waals surface area contributed by atoms with Gasteiger partial charge in [-0.15, -0.1) is 11.3 Å². The molecule has 5 nitrogen and oxygen atoms in total. The van der Waals surface area contributed by atoms with Gasteiger partial charge in [-0.1, -0.05) is 12.1 Å². The van der Waals surface area contributed by atoms with Gasteiger partial charge in [0.05, 0.1) is 6.10 Å². The lowest BCUT2D eigenvalue weighted by molar-refractivity contribution is 0.0554. The van der Waals surface area contributed by atoms with Crippen molar-refractivity contribution >= 4 is 17.2 Å². The Morgan fingerprint density at radius 1 is 1.25 bits per heavy atom. The van der Waals surface area contributed by atoms with Crippen LogP contribution in [0.5, 0.6) is 0 Å². The lowest BCUT2D eigenvalue weighted by atomic mass is 10.1. The Balaban J connectivity index is 1.61. The minimum absolute atomic E-state index is 0.0774. The van der Waals surface area contributed by atoms with Crippen LogP contribution in [0.3, 0.4) is 0 Å². The Hall–Kier alpha value is -1.76. The van der Waals surface area contributed by atoms with E-state index in [1.165, 1.54) is 0 Å². The second-order valence-electron chi connectivity index (χ2n) is 6.31. The van der Waals surface area contributed by atoms with Crippen LogP contribution in [0.25, 0.3) is 10.6 Å². The Bertz CT molecular complexity index is 689. The van der Waals surface area contributed by atoms with Crippen molar-refractivity contribution in [2.75, 3.05) is 32.7 Å². The predicted octanol–water partition coefficient (Wildman–Crippen LogP) is 2.26. The maximum absolute atomic E-state index is 12.6. The van der Waals surface area contributed by atoms with E-state index in [1.807, 2.05) is 41.5 Å². The van der Waals surface area contributed by atoms with Gasteiger partial charge in [-0.2, -0.15) is 0 Å². The maximum Gasteiger partial charge on any atom is 0.253 e. The lowest BCUT2D eigenvalue weighted by Gasteiger charge is -2.35. The average molecular weight is 345 g/mol. The number of piperazine rings is 1. The molecule has 3 rings (SSSR count). The summed E-state index contributed by atoms with van der Waals surface area (Å²) in [5.74, 6) is 0.0774. The third-order valence-corrected chi connectivity index (χ3v) is 5.19. The molecular formula is C18H23N3O2S. The Labute approximate surface area is 146 Å². The molecule has 24 heavy (non-hydrogen) atoms. The molecule has 1 amide bonds. The van der Waals surface area contributed by atoms with Gasteiger partial charge in [0.25, 0.3) is 5.91 Å². The number of aliphatic hydroxyl groups excluding tert-OH is 1. The molecule has 0 saturated carbocycles. The van der Waals surface area contributed by atoms with Crippen LogP contribution in [0.2, 0.25) is 0 Å². The van der Waals surface area contributed by atoms with Gasteiger partial charge >= 0.3 is 0 Å². The summed E-state index contributed by atoms with van der Waals surface area (Å²) in [4.78, 5) is 21.2. The number of carbonyl (C=O) groups is 1. The molecule has 0 spiro atoms. The third kappa shape index (κ3) is 4.01. The van der Waals surface area contributed by atoms with E-state index in [0.29, 0.717) is 19.6 Å². The summed E-state index contributed by atoms with van der Waals surface area (Å²) in [6, 6.07) is 7.71. The summed E-state index contributed by atoms with van der Waals surface area (Å²) in [5.41, 5.74) is 2.78. The molecule has 1 aromatic carbocycles. The normalized spacial score (nSPS) is 17.0. The number of aryl methyl sites for hydroxylation is 1. The second kappa shape index (κ2) is 7.42. The third-order valence-electron chi connectivity index (χ3n) is 4.18. The first-order valence-electron chi connectivity index (χ1n) is 8.25. The molecule has 0 bridgehead atoms. The smallest absolute Gasteiger partial charge is 0.253 e. The van der Waals surface area contributed by atoms with Gasteiger partial charge in [-0.25, -0.2) is 4.98 Å². The molecule has 128 valence electrons. The summed E-state index contributed by atoms with van der Waals surface area (Å²) in [6.07, 6.45) is -0.325. The minimum Gasteiger partial charge on any atom is -0.392 e. The van der Waals surface area contributed by atoms with Crippen molar-refractivity contribution in [3.63, 3.8) is 0 Å². The average Bonchev–Trinajstić information content (AvgIpc) is 3.01. The van der Waals surface area contributed by atoms with E-state index in [9.17, 15) is 9.90 Å². The van der Waals surface area contributed by atoms with Gasteiger partial charge < -0.3 is 10.0 Å². The fraction of sp³-hybridized carbons (Fsp3) is 0.444. The highest BCUT2D eigenvalue weighted by atomic mass is 32.1. The first kappa shape index (κ1) is 17.1. The number of β-amino-alcohol motifs (C(OH)–C–C–N with tert-alkyl or cyclic N) is 1. The maximum atomic E-state index is 12.6. The van der Waals surface area contributed by atoms with Gasteiger partial charge in [0, 0.05) is 54.9 Å². The molecule has 2 heterocycles. The summed E-state index contributed by atoms with van der Waals surface area (Å²) in [7, 11) is 0. The standard InChI is InChI=1S/C18H23N3O2S/c1-13-12-24-17(19-13)15-3-5-16(6-4-15)18(23)21-9-7-20(8-10-21)11-14(2)22/h3-6,12,14,22H,7-11H2,1-2H3. The van der Waals surface area contributed by atoms with Gasteiger partial charge in [0.1, 0.15) is 5.01 Å². The van der Waals surface area contributed by atoms with E-state index < -0.39 is 0 Å². The minimum atomic E-state index is -0.325. The van der Waals surface area contributed by atoms with E-state index in [0.717, 1.165) is 34.9 Å². The van der Waals surface area contributed by atoms with E-state index in [-0.39, 0.29) is 12.0 Å². The van der Waals surface area contributed by atoms with E-state index in [4.69, 9.17) is 0 Å².